The number of aromatic nitrogens is 4. The lowest BCUT2D eigenvalue weighted by atomic mass is 10.1. The summed E-state index contributed by atoms with van der Waals surface area (Å²) in [6.07, 6.45) is 7.49. The van der Waals surface area contributed by atoms with E-state index in [2.05, 4.69) is 20.4 Å². The number of hydrogen-bond donors (Lipinski definition) is 3. The minimum absolute atomic E-state index is 0.216. The molecule has 0 spiro atoms. The zero-order chi connectivity index (χ0) is 13.9. The SMILES string of the molecule is O=C(N[C@@H]1CC(Cn2cccn2)C[C@H]1O)c1cnc[nH]1. The third kappa shape index (κ3) is 2.72. The molecule has 2 aromatic heterocycles. The Balaban J connectivity index is 1.57. The molecule has 2 heterocycles. The van der Waals surface area contributed by atoms with E-state index >= 15 is 0 Å². The van der Waals surface area contributed by atoms with Crippen LogP contribution in [0.4, 0.5) is 0 Å². The van der Waals surface area contributed by atoms with E-state index in [0.29, 0.717) is 18.0 Å². The van der Waals surface area contributed by atoms with Crippen molar-refractivity contribution in [2.24, 2.45) is 5.92 Å². The van der Waals surface area contributed by atoms with E-state index in [9.17, 15) is 9.90 Å². The van der Waals surface area contributed by atoms with Gasteiger partial charge in [-0.2, -0.15) is 5.10 Å². The highest BCUT2D eigenvalue weighted by Gasteiger charge is 2.34. The topological polar surface area (TPSA) is 95.8 Å². The Hall–Kier alpha value is -2.15. The van der Waals surface area contributed by atoms with E-state index in [-0.39, 0.29) is 11.9 Å². The van der Waals surface area contributed by atoms with Gasteiger partial charge < -0.3 is 15.4 Å². The van der Waals surface area contributed by atoms with Crippen molar-refractivity contribution in [3.63, 3.8) is 0 Å². The first kappa shape index (κ1) is 12.9. The van der Waals surface area contributed by atoms with Gasteiger partial charge in [0.15, 0.2) is 0 Å². The normalized spacial score (nSPS) is 25.8. The maximum Gasteiger partial charge on any atom is 0.269 e. The maximum atomic E-state index is 11.9. The van der Waals surface area contributed by atoms with Gasteiger partial charge in [0.05, 0.1) is 24.7 Å². The molecule has 0 aromatic carbocycles. The number of nitrogens with zero attached hydrogens (tertiary/aromatic N) is 3. The third-order valence-corrected chi connectivity index (χ3v) is 3.69. The predicted octanol–water partition coefficient (Wildman–Crippen LogP) is 0.176. The molecular formula is C13H17N5O2. The van der Waals surface area contributed by atoms with Crippen molar-refractivity contribution in [2.75, 3.05) is 0 Å². The molecule has 0 radical (unpaired) electrons. The first-order valence-corrected chi connectivity index (χ1v) is 6.67. The van der Waals surface area contributed by atoms with Gasteiger partial charge in [-0.25, -0.2) is 4.98 Å². The van der Waals surface area contributed by atoms with Crippen LogP contribution in [0.1, 0.15) is 23.3 Å². The Morgan fingerprint density at radius 3 is 3.15 bits per heavy atom. The van der Waals surface area contributed by atoms with Gasteiger partial charge in [0, 0.05) is 18.9 Å². The zero-order valence-electron chi connectivity index (χ0n) is 10.9. The molecule has 1 amide bonds. The molecule has 106 valence electrons. The molecule has 0 bridgehead atoms. The Morgan fingerprint density at radius 2 is 2.45 bits per heavy atom. The van der Waals surface area contributed by atoms with E-state index in [1.165, 1.54) is 12.5 Å². The summed E-state index contributed by atoms with van der Waals surface area (Å²) in [5.41, 5.74) is 0.410. The average Bonchev–Trinajstić information content (AvgIpc) is 3.14. The second-order valence-corrected chi connectivity index (χ2v) is 5.18. The number of aromatic amines is 1. The number of aliphatic hydroxyl groups is 1. The summed E-state index contributed by atoms with van der Waals surface area (Å²) in [6.45, 7) is 0.764. The van der Waals surface area contributed by atoms with Gasteiger partial charge >= 0.3 is 0 Å². The highest BCUT2D eigenvalue weighted by molar-refractivity contribution is 5.92. The van der Waals surface area contributed by atoms with Gasteiger partial charge in [0.1, 0.15) is 5.69 Å². The second kappa shape index (κ2) is 5.46. The fourth-order valence-corrected chi connectivity index (χ4v) is 2.72. The van der Waals surface area contributed by atoms with Gasteiger partial charge in [-0.15, -0.1) is 0 Å². The highest BCUT2D eigenvalue weighted by Crippen LogP contribution is 2.27. The van der Waals surface area contributed by atoms with E-state index in [1.54, 1.807) is 6.20 Å². The van der Waals surface area contributed by atoms with Crippen LogP contribution >= 0.6 is 0 Å². The summed E-state index contributed by atoms with van der Waals surface area (Å²) in [5, 5.41) is 17.1. The molecule has 7 heteroatoms. The number of aliphatic hydroxyl groups excluding tert-OH is 1. The van der Waals surface area contributed by atoms with Crippen LogP contribution in [0.25, 0.3) is 0 Å². The highest BCUT2D eigenvalue weighted by atomic mass is 16.3. The number of rotatable bonds is 4. The first-order chi connectivity index (χ1) is 9.72. The van der Waals surface area contributed by atoms with E-state index < -0.39 is 6.10 Å². The van der Waals surface area contributed by atoms with Crippen LogP contribution in [0.15, 0.2) is 31.0 Å². The van der Waals surface area contributed by atoms with E-state index in [4.69, 9.17) is 0 Å². The van der Waals surface area contributed by atoms with Crippen molar-refractivity contribution in [1.82, 2.24) is 25.1 Å². The summed E-state index contributed by atoms with van der Waals surface area (Å²) < 4.78 is 1.86. The van der Waals surface area contributed by atoms with Crippen molar-refractivity contribution in [2.45, 2.75) is 31.5 Å². The number of carbonyl (C=O) groups is 1. The maximum absolute atomic E-state index is 11.9. The molecule has 3 rings (SSSR count). The van der Waals surface area contributed by atoms with Crippen molar-refractivity contribution in [3.8, 4) is 0 Å². The lowest BCUT2D eigenvalue weighted by molar-refractivity contribution is 0.0868. The van der Waals surface area contributed by atoms with Gasteiger partial charge in [0.2, 0.25) is 0 Å². The lowest BCUT2D eigenvalue weighted by Gasteiger charge is -2.15. The Labute approximate surface area is 116 Å². The number of H-pyrrole nitrogens is 1. The molecule has 1 aliphatic carbocycles. The molecular weight excluding hydrogens is 258 g/mol. The Kier molecular flexibility index (Phi) is 3.51. The standard InChI is InChI=1S/C13H17N5O2/c19-12-5-9(7-18-3-1-2-16-18)4-10(12)17-13(20)11-6-14-8-15-11/h1-3,6,8-10,12,19H,4-5,7H2,(H,14,15)(H,17,20)/t9?,10-,12-/m1/s1. The minimum Gasteiger partial charge on any atom is -0.391 e. The smallest absolute Gasteiger partial charge is 0.269 e. The largest absolute Gasteiger partial charge is 0.391 e. The second-order valence-electron chi connectivity index (χ2n) is 5.18. The molecule has 20 heavy (non-hydrogen) atoms. The number of imidazole rings is 1. The van der Waals surface area contributed by atoms with Gasteiger partial charge in [-0.3, -0.25) is 9.48 Å². The summed E-state index contributed by atoms with van der Waals surface area (Å²) in [7, 11) is 0. The molecule has 2 aromatic rings. The van der Waals surface area contributed by atoms with Crippen LogP contribution in [-0.4, -0.2) is 42.9 Å². The van der Waals surface area contributed by atoms with Gasteiger partial charge in [-0.05, 0) is 24.8 Å². The molecule has 3 N–H and O–H groups in total. The Morgan fingerprint density at radius 1 is 1.55 bits per heavy atom. The average molecular weight is 275 g/mol. The van der Waals surface area contributed by atoms with Crippen LogP contribution in [0.5, 0.6) is 0 Å². The predicted molar refractivity (Wildman–Crippen MR) is 70.8 cm³/mol. The first-order valence-electron chi connectivity index (χ1n) is 6.67. The summed E-state index contributed by atoms with van der Waals surface area (Å²) in [5.74, 6) is 0.0863. The number of nitrogens with one attached hydrogen (secondary N) is 2. The summed E-state index contributed by atoms with van der Waals surface area (Å²) >= 11 is 0. The number of amides is 1. The van der Waals surface area contributed by atoms with E-state index in [1.807, 2.05) is 16.9 Å². The fraction of sp³-hybridized carbons (Fsp3) is 0.462. The van der Waals surface area contributed by atoms with Crippen molar-refractivity contribution < 1.29 is 9.90 Å². The zero-order valence-corrected chi connectivity index (χ0v) is 10.9. The van der Waals surface area contributed by atoms with Crippen molar-refractivity contribution >= 4 is 5.91 Å². The van der Waals surface area contributed by atoms with Crippen molar-refractivity contribution in [1.29, 1.82) is 0 Å². The fourth-order valence-electron chi connectivity index (χ4n) is 2.72. The molecule has 3 atom stereocenters. The molecule has 0 saturated heterocycles. The summed E-state index contributed by atoms with van der Waals surface area (Å²) in [6, 6.07) is 1.66. The lowest BCUT2D eigenvalue weighted by Crippen LogP contribution is -2.40. The monoisotopic (exact) mass is 275 g/mol. The third-order valence-electron chi connectivity index (χ3n) is 3.69. The molecule has 7 nitrogen and oxygen atoms in total. The molecule has 1 unspecified atom stereocenters. The number of hydrogen-bond acceptors (Lipinski definition) is 4. The Bertz CT molecular complexity index is 551. The van der Waals surface area contributed by atoms with Crippen LogP contribution in [0, 0.1) is 5.92 Å². The number of carbonyl (C=O) groups excluding carboxylic acids is 1. The van der Waals surface area contributed by atoms with E-state index in [0.717, 1.165) is 13.0 Å². The van der Waals surface area contributed by atoms with Crippen molar-refractivity contribution in [3.05, 3.63) is 36.7 Å². The molecule has 1 fully saturated rings. The summed E-state index contributed by atoms with van der Waals surface area (Å²) in [4.78, 5) is 18.5. The van der Waals surface area contributed by atoms with Crippen LogP contribution in [0.2, 0.25) is 0 Å². The molecule has 1 aliphatic rings. The minimum atomic E-state index is -0.512. The van der Waals surface area contributed by atoms with Gasteiger partial charge in [0.25, 0.3) is 5.91 Å². The van der Waals surface area contributed by atoms with Crippen LogP contribution in [-0.2, 0) is 6.54 Å². The quantitative estimate of drug-likeness (QED) is 0.741. The van der Waals surface area contributed by atoms with Crippen LogP contribution < -0.4 is 5.32 Å². The van der Waals surface area contributed by atoms with Crippen LogP contribution in [0.3, 0.4) is 0 Å². The molecule has 0 aliphatic heterocycles. The molecule has 1 saturated carbocycles. The van der Waals surface area contributed by atoms with Gasteiger partial charge in [-0.1, -0.05) is 0 Å².